The maximum Gasteiger partial charge on any atom is 0.0194 e. The third kappa shape index (κ3) is 4.69. The first-order valence-electron chi connectivity index (χ1n) is 7.38. The Morgan fingerprint density at radius 1 is 0.944 bits per heavy atom. The topological polar surface area (TPSA) is 30.5 Å². The molecule has 0 atom stereocenters. The molecule has 2 fully saturated rings. The van der Waals surface area contributed by atoms with Crippen molar-refractivity contribution in [2.75, 3.05) is 65.4 Å². The van der Waals surface area contributed by atoms with Gasteiger partial charge in [-0.05, 0) is 13.3 Å². The first-order valence-corrected chi connectivity index (χ1v) is 7.38. The van der Waals surface area contributed by atoms with Crippen molar-refractivity contribution in [2.24, 2.45) is 0 Å². The summed E-state index contributed by atoms with van der Waals surface area (Å²) < 4.78 is 0. The van der Waals surface area contributed by atoms with E-state index in [4.69, 9.17) is 0 Å². The van der Waals surface area contributed by atoms with Gasteiger partial charge in [0.05, 0.1) is 0 Å². The third-order valence-corrected chi connectivity index (χ3v) is 4.00. The third-order valence-electron chi connectivity index (χ3n) is 4.00. The lowest BCUT2D eigenvalue weighted by atomic mass is 10.1. The minimum atomic E-state index is 1.15. The van der Waals surface area contributed by atoms with E-state index >= 15 is 0 Å². The number of nitrogens with zero attached hydrogens (tertiary/aromatic N) is 2. The Balaban J connectivity index is 1.68. The van der Waals surface area contributed by atoms with Crippen LogP contribution in [0.25, 0.3) is 0 Å². The molecule has 4 heteroatoms. The predicted octanol–water partition coefficient (Wildman–Crippen LogP) is 0.133. The van der Waals surface area contributed by atoms with Gasteiger partial charge in [0.1, 0.15) is 0 Å². The highest BCUT2D eigenvalue weighted by Crippen LogP contribution is 2.07. The molecule has 104 valence electrons. The highest BCUT2D eigenvalue weighted by atomic mass is 15.2. The highest BCUT2D eigenvalue weighted by Gasteiger charge is 2.13. The minimum absolute atomic E-state index is 1.15. The molecule has 0 aromatic carbocycles. The molecule has 0 aliphatic carbocycles. The lowest BCUT2D eigenvalue weighted by molar-refractivity contribution is 0.233. The summed E-state index contributed by atoms with van der Waals surface area (Å²) in [5.41, 5.74) is 1.61. The van der Waals surface area contributed by atoms with Gasteiger partial charge in [0.25, 0.3) is 0 Å². The molecular formula is C14H28N4. The van der Waals surface area contributed by atoms with E-state index in [2.05, 4.69) is 33.4 Å². The first-order chi connectivity index (χ1) is 8.88. The molecule has 2 rings (SSSR count). The second kappa shape index (κ2) is 7.89. The average Bonchev–Trinajstić information content (AvgIpc) is 2.45. The van der Waals surface area contributed by atoms with Gasteiger partial charge >= 0.3 is 0 Å². The van der Waals surface area contributed by atoms with Gasteiger partial charge in [0, 0.05) is 65.4 Å². The van der Waals surface area contributed by atoms with Gasteiger partial charge in [0.2, 0.25) is 0 Å². The summed E-state index contributed by atoms with van der Waals surface area (Å²) in [5, 5.41) is 6.82. The Bertz CT molecular complexity index is 253. The SMILES string of the molecule is CC=C(CCN1CCNCC1)CN1CCNCC1. The average molecular weight is 252 g/mol. The Hall–Kier alpha value is -0.420. The summed E-state index contributed by atoms with van der Waals surface area (Å²) in [6.07, 6.45) is 3.56. The van der Waals surface area contributed by atoms with Gasteiger partial charge in [-0.1, -0.05) is 11.6 Å². The Labute approximate surface area is 111 Å². The van der Waals surface area contributed by atoms with Crippen LogP contribution < -0.4 is 10.6 Å². The zero-order valence-electron chi connectivity index (χ0n) is 11.7. The minimum Gasteiger partial charge on any atom is -0.314 e. The Morgan fingerprint density at radius 3 is 2.06 bits per heavy atom. The summed E-state index contributed by atoms with van der Waals surface area (Å²) in [7, 11) is 0. The first kappa shape index (κ1) is 14.0. The highest BCUT2D eigenvalue weighted by molar-refractivity contribution is 5.04. The molecule has 0 unspecified atom stereocenters. The van der Waals surface area contributed by atoms with E-state index in [1.54, 1.807) is 5.57 Å². The molecule has 2 N–H and O–H groups in total. The summed E-state index contributed by atoms with van der Waals surface area (Å²) >= 11 is 0. The lowest BCUT2D eigenvalue weighted by Crippen LogP contribution is -2.45. The van der Waals surface area contributed by atoms with Gasteiger partial charge in [-0.3, -0.25) is 4.90 Å². The number of nitrogens with one attached hydrogen (secondary N) is 2. The number of allylic oxidation sites excluding steroid dienone is 1. The van der Waals surface area contributed by atoms with Crippen molar-refractivity contribution in [1.29, 1.82) is 0 Å². The van der Waals surface area contributed by atoms with Crippen molar-refractivity contribution < 1.29 is 0 Å². The summed E-state index contributed by atoms with van der Waals surface area (Å²) in [6, 6.07) is 0. The van der Waals surface area contributed by atoms with E-state index in [0.717, 1.165) is 26.2 Å². The van der Waals surface area contributed by atoms with Crippen LogP contribution in [0, 0.1) is 0 Å². The lowest BCUT2D eigenvalue weighted by Gasteiger charge is -2.30. The van der Waals surface area contributed by atoms with E-state index < -0.39 is 0 Å². The molecule has 18 heavy (non-hydrogen) atoms. The molecule has 0 aromatic rings. The summed E-state index contributed by atoms with van der Waals surface area (Å²) in [4.78, 5) is 5.15. The van der Waals surface area contributed by atoms with E-state index in [9.17, 15) is 0 Å². The molecule has 2 aliphatic heterocycles. The van der Waals surface area contributed by atoms with Crippen molar-refractivity contribution >= 4 is 0 Å². The van der Waals surface area contributed by atoms with Crippen molar-refractivity contribution in [3.05, 3.63) is 11.6 Å². The molecule has 0 bridgehead atoms. The van der Waals surface area contributed by atoms with Crippen molar-refractivity contribution in [2.45, 2.75) is 13.3 Å². The number of piperazine rings is 2. The molecular weight excluding hydrogens is 224 g/mol. The zero-order valence-corrected chi connectivity index (χ0v) is 11.7. The molecule has 0 amide bonds. The van der Waals surface area contributed by atoms with E-state index in [-0.39, 0.29) is 0 Å². The van der Waals surface area contributed by atoms with Crippen molar-refractivity contribution in [1.82, 2.24) is 20.4 Å². The van der Waals surface area contributed by atoms with Gasteiger partial charge in [-0.15, -0.1) is 0 Å². The molecule has 0 aromatic heterocycles. The van der Waals surface area contributed by atoms with Crippen LogP contribution in [-0.2, 0) is 0 Å². The normalized spacial score (nSPS) is 24.4. The number of hydrogen-bond acceptors (Lipinski definition) is 4. The number of rotatable bonds is 5. The van der Waals surface area contributed by atoms with Crippen LogP contribution in [0.2, 0.25) is 0 Å². The van der Waals surface area contributed by atoms with E-state index in [1.165, 1.54) is 45.7 Å². The van der Waals surface area contributed by atoms with Crippen LogP contribution in [0.4, 0.5) is 0 Å². The fraction of sp³-hybridized carbons (Fsp3) is 0.857. The smallest absolute Gasteiger partial charge is 0.0194 e. The number of hydrogen-bond donors (Lipinski definition) is 2. The summed E-state index contributed by atoms with van der Waals surface area (Å²) in [6.45, 7) is 14.0. The standard InChI is InChI=1S/C14H28N4/c1-2-14(13-18-11-6-16-7-12-18)3-8-17-9-4-15-5-10-17/h2,15-16H,3-13H2,1H3. The van der Waals surface area contributed by atoms with Crippen LogP contribution >= 0.6 is 0 Å². The fourth-order valence-electron chi connectivity index (χ4n) is 2.71. The fourth-order valence-corrected chi connectivity index (χ4v) is 2.71. The van der Waals surface area contributed by atoms with Gasteiger partial charge in [-0.25, -0.2) is 0 Å². The molecule has 4 nitrogen and oxygen atoms in total. The molecule has 0 radical (unpaired) electrons. The maximum absolute atomic E-state index is 3.41. The zero-order chi connectivity index (χ0) is 12.6. The monoisotopic (exact) mass is 252 g/mol. The molecule has 2 aliphatic rings. The molecule has 2 heterocycles. The molecule has 2 saturated heterocycles. The van der Waals surface area contributed by atoms with Gasteiger partial charge in [-0.2, -0.15) is 0 Å². The van der Waals surface area contributed by atoms with Gasteiger partial charge < -0.3 is 15.5 Å². The van der Waals surface area contributed by atoms with Crippen LogP contribution in [0.1, 0.15) is 13.3 Å². The second-order valence-electron chi connectivity index (χ2n) is 5.31. The Kier molecular flexibility index (Phi) is 6.14. The second-order valence-corrected chi connectivity index (χ2v) is 5.31. The molecule has 0 spiro atoms. The van der Waals surface area contributed by atoms with Crippen LogP contribution in [0.15, 0.2) is 11.6 Å². The molecule has 0 saturated carbocycles. The van der Waals surface area contributed by atoms with Crippen LogP contribution in [-0.4, -0.2) is 75.2 Å². The quantitative estimate of drug-likeness (QED) is 0.681. The van der Waals surface area contributed by atoms with Crippen LogP contribution in [0.5, 0.6) is 0 Å². The van der Waals surface area contributed by atoms with E-state index in [1.807, 2.05) is 0 Å². The summed E-state index contributed by atoms with van der Waals surface area (Å²) in [5.74, 6) is 0. The predicted molar refractivity (Wildman–Crippen MR) is 77.0 cm³/mol. The van der Waals surface area contributed by atoms with Crippen LogP contribution in [0.3, 0.4) is 0 Å². The maximum atomic E-state index is 3.41. The largest absolute Gasteiger partial charge is 0.314 e. The van der Waals surface area contributed by atoms with Crippen molar-refractivity contribution in [3.63, 3.8) is 0 Å². The van der Waals surface area contributed by atoms with E-state index in [0.29, 0.717) is 0 Å². The van der Waals surface area contributed by atoms with Crippen molar-refractivity contribution in [3.8, 4) is 0 Å². The van der Waals surface area contributed by atoms with Gasteiger partial charge in [0.15, 0.2) is 0 Å². The Morgan fingerprint density at radius 2 is 1.50 bits per heavy atom.